The van der Waals surface area contributed by atoms with E-state index in [0.29, 0.717) is 17.4 Å². The Morgan fingerprint density at radius 2 is 1.83 bits per heavy atom. The van der Waals surface area contributed by atoms with Crippen LogP contribution in [0.1, 0.15) is 54.4 Å². The van der Waals surface area contributed by atoms with Crippen LogP contribution in [-0.2, 0) is 6.42 Å². The Morgan fingerprint density at radius 1 is 1.07 bits per heavy atom. The molecule has 0 unspecified atom stereocenters. The van der Waals surface area contributed by atoms with Gasteiger partial charge in [-0.1, -0.05) is 0 Å². The molecule has 0 aromatic heterocycles. The van der Waals surface area contributed by atoms with E-state index in [1.165, 1.54) is 25.7 Å². The van der Waals surface area contributed by atoms with Crippen LogP contribution in [-0.4, -0.2) is 23.5 Å². The lowest BCUT2D eigenvalue weighted by Crippen LogP contribution is -2.12. The predicted octanol–water partition coefficient (Wildman–Crippen LogP) is 5.89. The number of fused-ring (bicyclic) bond motifs is 1. The molecule has 30 heavy (non-hydrogen) atoms. The van der Waals surface area contributed by atoms with Gasteiger partial charge in [-0.05, 0) is 98.4 Å². The molecular weight excluding hydrogens is 372 g/mol. The molecule has 0 saturated heterocycles. The van der Waals surface area contributed by atoms with Gasteiger partial charge >= 0.3 is 0 Å². The highest BCUT2D eigenvalue weighted by Crippen LogP contribution is 2.37. The van der Waals surface area contributed by atoms with Crippen molar-refractivity contribution in [3.63, 3.8) is 0 Å². The smallest absolute Gasteiger partial charge is 0.255 e. The van der Waals surface area contributed by atoms with E-state index >= 15 is 0 Å². The number of amides is 1. The van der Waals surface area contributed by atoms with E-state index in [0.717, 1.165) is 53.3 Å². The average Bonchev–Trinajstić information content (AvgIpc) is 3.66. The van der Waals surface area contributed by atoms with Gasteiger partial charge in [0.2, 0.25) is 0 Å². The summed E-state index contributed by atoms with van der Waals surface area (Å²) in [4.78, 5) is 21.9. The molecule has 152 valence electrons. The summed E-state index contributed by atoms with van der Waals surface area (Å²) >= 11 is 0. The van der Waals surface area contributed by atoms with Crippen molar-refractivity contribution in [1.29, 1.82) is 5.41 Å². The van der Waals surface area contributed by atoms with Gasteiger partial charge in [-0.3, -0.25) is 14.8 Å². The summed E-state index contributed by atoms with van der Waals surface area (Å²) < 4.78 is 0. The second-order valence-electron chi connectivity index (χ2n) is 8.55. The highest BCUT2D eigenvalue weighted by Gasteiger charge is 2.32. The molecule has 2 aromatic carbocycles. The minimum Gasteiger partial charge on any atom is -0.322 e. The van der Waals surface area contributed by atoms with Crippen molar-refractivity contribution >= 4 is 40.6 Å². The molecule has 2 saturated carbocycles. The first kappa shape index (κ1) is 18.9. The number of aryl methyl sites for hydroxylation is 1. The highest BCUT2D eigenvalue weighted by molar-refractivity contribution is 6.07. The molecule has 5 nitrogen and oxygen atoms in total. The van der Waals surface area contributed by atoms with Crippen molar-refractivity contribution in [3.05, 3.63) is 53.6 Å². The number of nitrogens with zero attached hydrogens (tertiary/aromatic N) is 2. The maximum atomic E-state index is 12.7. The van der Waals surface area contributed by atoms with Crippen molar-refractivity contribution in [3.8, 4) is 0 Å². The molecule has 1 aliphatic heterocycles. The van der Waals surface area contributed by atoms with Crippen LogP contribution in [0.3, 0.4) is 0 Å². The van der Waals surface area contributed by atoms with E-state index < -0.39 is 0 Å². The van der Waals surface area contributed by atoms with Crippen LogP contribution in [0, 0.1) is 17.2 Å². The van der Waals surface area contributed by atoms with Crippen LogP contribution < -0.4 is 5.32 Å². The second kappa shape index (κ2) is 7.98. The maximum absolute atomic E-state index is 12.7. The Morgan fingerprint density at radius 3 is 2.57 bits per heavy atom. The summed E-state index contributed by atoms with van der Waals surface area (Å²) in [6.07, 6.45) is 9.21. The SMILES string of the molecule is N=C(CC(=Nc1ccc(NC(=O)c2ccc3c(c2)CCC=N3)cc1)C1CC1)C1CC1. The van der Waals surface area contributed by atoms with Gasteiger partial charge in [0, 0.05) is 35.3 Å². The number of hydrogen-bond acceptors (Lipinski definition) is 4. The van der Waals surface area contributed by atoms with Crippen molar-refractivity contribution in [2.45, 2.75) is 44.9 Å². The first-order valence-electron chi connectivity index (χ1n) is 10.9. The van der Waals surface area contributed by atoms with Crippen molar-refractivity contribution < 1.29 is 4.79 Å². The molecule has 2 aliphatic carbocycles. The van der Waals surface area contributed by atoms with Crippen LogP contribution in [0.25, 0.3) is 0 Å². The fourth-order valence-corrected chi connectivity index (χ4v) is 3.89. The molecular formula is C25H26N4O. The van der Waals surface area contributed by atoms with Gasteiger partial charge in [0.1, 0.15) is 0 Å². The van der Waals surface area contributed by atoms with Gasteiger partial charge in [-0.15, -0.1) is 0 Å². The second-order valence-corrected chi connectivity index (χ2v) is 8.55. The summed E-state index contributed by atoms with van der Waals surface area (Å²) in [5.41, 5.74) is 6.39. The Balaban J connectivity index is 1.26. The summed E-state index contributed by atoms with van der Waals surface area (Å²) in [7, 11) is 0. The lowest BCUT2D eigenvalue weighted by molar-refractivity contribution is 0.102. The van der Waals surface area contributed by atoms with Gasteiger partial charge in [0.25, 0.3) is 5.91 Å². The molecule has 5 rings (SSSR count). The molecule has 0 atom stereocenters. The molecule has 5 heteroatoms. The zero-order chi connectivity index (χ0) is 20.5. The number of rotatable bonds is 7. The molecule has 0 spiro atoms. The fourth-order valence-electron chi connectivity index (χ4n) is 3.89. The lowest BCUT2D eigenvalue weighted by Gasteiger charge is -2.12. The fraction of sp³-hybridized carbons (Fsp3) is 0.360. The van der Waals surface area contributed by atoms with Gasteiger partial charge < -0.3 is 10.7 Å². The van der Waals surface area contributed by atoms with E-state index in [2.05, 4.69) is 10.3 Å². The number of aliphatic imine (C=N–C) groups is 2. The summed E-state index contributed by atoms with van der Waals surface area (Å²) in [6, 6.07) is 13.4. The van der Waals surface area contributed by atoms with Crippen molar-refractivity contribution in [2.24, 2.45) is 21.8 Å². The Kier molecular flexibility index (Phi) is 5.03. The Hall–Kier alpha value is -3.08. The molecule has 1 heterocycles. The van der Waals surface area contributed by atoms with Crippen LogP contribution in [0.4, 0.5) is 17.1 Å². The van der Waals surface area contributed by atoms with Crippen LogP contribution >= 0.6 is 0 Å². The van der Waals surface area contributed by atoms with Crippen LogP contribution in [0.5, 0.6) is 0 Å². The van der Waals surface area contributed by atoms with Crippen LogP contribution in [0.2, 0.25) is 0 Å². The number of benzene rings is 2. The minimum atomic E-state index is -0.111. The molecule has 0 radical (unpaired) electrons. The number of nitrogens with one attached hydrogen (secondary N) is 2. The van der Waals surface area contributed by atoms with Crippen LogP contribution in [0.15, 0.2) is 52.4 Å². The molecule has 2 aromatic rings. The van der Waals surface area contributed by atoms with Gasteiger partial charge in [0.05, 0.1) is 11.4 Å². The van der Waals surface area contributed by atoms with E-state index in [9.17, 15) is 4.79 Å². The normalized spacial score (nSPS) is 18.1. The first-order valence-corrected chi connectivity index (χ1v) is 10.9. The summed E-state index contributed by atoms with van der Waals surface area (Å²) in [6.45, 7) is 0. The molecule has 0 bridgehead atoms. The number of hydrogen-bond donors (Lipinski definition) is 2. The van der Waals surface area contributed by atoms with E-state index in [4.69, 9.17) is 10.4 Å². The first-order chi connectivity index (χ1) is 14.7. The Bertz CT molecular complexity index is 1040. The predicted molar refractivity (Wildman–Crippen MR) is 122 cm³/mol. The van der Waals surface area contributed by atoms with E-state index in [-0.39, 0.29) is 5.91 Å². The summed E-state index contributed by atoms with van der Waals surface area (Å²) in [5.74, 6) is 0.943. The number of carbonyl (C=O) groups excluding carboxylic acids is 1. The van der Waals surface area contributed by atoms with Gasteiger partial charge in [-0.25, -0.2) is 0 Å². The molecule has 1 amide bonds. The summed E-state index contributed by atoms with van der Waals surface area (Å²) in [5, 5.41) is 11.2. The average molecular weight is 399 g/mol. The lowest BCUT2D eigenvalue weighted by atomic mass is 10.0. The van der Waals surface area contributed by atoms with Crippen molar-refractivity contribution in [2.75, 3.05) is 5.32 Å². The van der Waals surface area contributed by atoms with E-state index in [1.807, 2.05) is 48.7 Å². The zero-order valence-electron chi connectivity index (χ0n) is 17.0. The van der Waals surface area contributed by atoms with Crippen molar-refractivity contribution in [1.82, 2.24) is 0 Å². The molecule has 2 N–H and O–H groups in total. The third-order valence-corrected chi connectivity index (χ3v) is 6.00. The quantitative estimate of drug-likeness (QED) is 0.561. The molecule has 3 aliphatic rings. The topological polar surface area (TPSA) is 77.7 Å². The van der Waals surface area contributed by atoms with Gasteiger partial charge in [0.15, 0.2) is 0 Å². The number of carbonyl (C=O) groups is 1. The van der Waals surface area contributed by atoms with E-state index in [1.54, 1.807) is 0 Å². The standard InChI is InChI=1S/C25H26N4O/c26-22(16-3-4-16)15-24(17-5-6-17)28-20-8-10-21(11-9-20)29-25(30)19-7-12-23-18(14-19)2-1-13-27-23/h7-14,16-17,26H,1-6,15H2,(H,29,30). The largest absolute Gasteiger partial charge is 0.322 e. The highest BCUT2D eigenvalue weighted by atomic mass is 16.1. The minimum absolute atomic E-state index is 0.111. The molecule has 2 fully saturated rings. The third kappa shape index (κ3) is 4.40. The maximum Gasteiger partial charge on any atom is 0.255 e. The third-order valence-electron chi connectivity index (χ3n) is 6.00. The monoisotopic (exact) mass is 398 g/mol. The zero-order valence-corrected chi connectivity index (χ0v) is 17.0. The number of anilines is 1. The van der Waals surface area contributed by atoms with Gasteiger partial charge in [-0.2, -0.15) is 0 Å². The Labute approximate surface area is 176 Å².